The molecule has 118 valence electrons. The second kappa shape index (κ2) is 6.90. The molecule has 1 fully saturated rings. The first-order valence-corrected chi connectivity index (χ1v) is 7.99. The summed E-state index contributed by atoms with van der Waals surface area (Å²) in [5.74, 6) is 0.488. The molecule has 1 rings (SSSR count). The molecule has 0 aromatic carbocycles. The molecule has 1 amide bonds. The molecule has 4 nitrogen and oxygen atoms in total. The standard InChI is InChI=1S/C16H33N3O/c1-11(2)18-16(6,15(17)20)9-14(5)19-10-12(3)7-8-13(19)4/h11-14,18H,7-10H2,1-6H3,(H2,17,20). The molecule has 4 unspecified atom stereocenters. The Hall–Kier alpha value is -0.610. The minimum Gasteiger partial charge on any atom is -0.368 e. The van der Waals surface area contributed by atoms with E-state index in [9.17, 15) is 4.79 Å². The Morgan fingerprint density at radius 1 is 1.35 bits per heavy atom. The summed E-state index contributed by atoms with van der Waals surface area (Å²) in [5, 5.41) is 3.35. The maximum absolute atomic E-state index is 11.9. The van der Waals surface area contributed by atoms with Gasteiger partial charge in [0.05, 0.1) is 5.54 Å². The molecule has 0 aromatic heterocycles. The van der Waals surface area contributed by atoms with Gasteiger partial charge >= 0.3 is 0 Å². The number of amides is 1. The molecule has 1 aliphatic rings. The van der Waals surface area contributed by atoms with E-state index in [4.69, 9.17) is 5.73 Å². The Kier molecular flexibility index (Phi) is 6.02. The lowest BCUT2D eigenvalue weighted by atomic mass is 9.87. The number of primary amides is 1. The Morgan fingerprint density at radius 2 is 1.95 bits per heavy atom. The summed E-state index contributed by atoms with van der Waals surface area (Å²) >= 11 is 0. The van der Waals surface area contributed by atoms with E-state index in [2.05, 4.69) is 44.8 Å². The number of piperidine rings is 1. The number of hydrogen-bond donors (Lipinski definition) is 2. The van der Waals surface area contributed by atoms with Crippen LogP contribution in [0.5, 0.6) is 0 Å². The number of nitrogens with two attached hydrogens (primary N) is 1. The van der Waals surface area contributed by atoms with E-state index in [0.29, 0.717) is 12.1 Å². The first-order chi connectivity index (χ1) is 9.15. The van der Waals surface area contributed by atoms with Crippen LogP contribution in [-0.2, 0) is 4.79 Å². The summed E-state index contributed by atoms with van der Waals surface area (Å²) in [6, 6.07) is 1.20. The molecule has 0 aromatic rings. The van der Waals surface area contributed by atoms with Crippen LogP contribution in [-0.4, -0.2) is 41.0 Å². The highest BCUT2D eigenvalue weighted by Crippen LogP contribution is 2.27. The van der Waals surface area contributed by atoms with Crippen LogP contribution in [0.1, 0.15) is 60.8 Å². The number of carbonyl (C=O) groups excluding carboxylic acids is 1. The van der Waals surface area contributed by atoms with Gasteiger partial charge < -0.3 is 11.1 Å². The van der Waals surface area contributed by atoms with Crippen molar-refractivity contribution in [3.63, 3.8) is 0 Å². The molecule has 1 heterocycles. The Labute approximate surface area is 124 Å². The van der Waals surface area contributed by atoms with Crippen LogP contribution in [0.2, 0.25) is 0 Å². The van der Waals surface area contributed by atoms with Gasteiger partial charge in [0.1, 0.15) is 0 Å². The molecule has 3 N–H and O–H groups in total. The Balaban J connectivity index is 2.74. The monoisotopic (exact) mass is 283 g/mol. The van der Waals surface area contributed by atoms with Crippen LogP contribution in [0.3, 0.4) is 0 Å². The molecule has 1 aliphatic heterocycles. The second-order valence-corrected chi connectivity index (χ2v) is 7.28. The average molecular weight is 283 g/mol. The molecule has 0 radical (unpaired) electrons. The van der Waals surface area contributed by atoms with Gasteiger partial charge in [-0.05, 0) is 59.8 Å². The summed E-state index contributed by atoms with van der Waals surface area (Å²) in [6.45, 7) is 14.0. The molecule has 0 saturated carbocycles. The van der Waals surface area contributed by atoms with Crippen molar-refractivity contribution in [3.8, 4) is 0 Å². The van der Waals surface area contributed by atoms with Crippen LogP contribution in [0, 0.1) is 5.92 Å². The fourth-order valence-electron chi connectivity index (χ4n) is 3.51. The van der Waals surface area contributed by atoms with Crippen molar-refractivity contribution in [2.45, 2.75) is 84.5 Å². The molecule has 0 spiro atoms. The van der Waals surface area contributed by atoms with E-state index in [-0.39, 0.29) is 11.9 Å². The first kappa shape index (κ1) is 17.4. The second-order valence-electron chi connectivity index (χ2n) is 7.28. The third kappa shape index (κ3) is 4.45. The number of carbonyl (C=O) groups is 1. The molecular weight excluding hydrogens is 250 g/mol. The highest BCUT2D eigenvalue weighted by atomic mass is 16.1. The van der Waals surface area contributed by atoms with E-state index in [1.807, 2.05) is 6.92 Å². The van der Waals surface area contributed by atoms with Crippen molar-refractivity contribution in [1.82, 2.24) is 10.2 Å². The maximum Gasteiger partial charge on any atom is 0.237 e. The van der Waals surface area contributed by atoms with E-state index >= 15 is 0 Å². The fourth-order valence-corrected chi connectivity index (χ4v) is 3.51. The quantitative estimate of drug-likeness (QED) is 0.785. The van der Waals surface area contributed by atoms with Gasteiger partial charge in [-0.1, -0.05) is 6.92 Å². The van der Waals surface area contributed by atoms with Crippen molar-refractivity contribution < 1.29 is 4.79 Å². The predicted octanol–water partition coefficient (Wildman–Crippen LogP) is 2.13. The van der Waals surface area contributed by atoms with Gasteiger partial charge in [0.25, 0.3) is 0 Å². The van der Waals surface area contributed by atoms with Gasteiger partial charge in [-0.15, -0.1) is 0 Å². The fraction of sp³-hybridized carbons (Fsp3) is 0.938. The van der Waals surface area contributed by atoms with E-state index < -0.39 is 5.54 Å². The molecule has 1 saturated heterocycles. The van der Waals surface area contributed by atoms with Crippen molar-refractivity contribution >= 4 is 5.91 Å². The van der Waals surface area contributed by atoms with Gasteiger partial charge in [0.2, 0.25) is 5.91 Å². The highest BCUT2D eigenvalue weighted by Gasteiger charge is 2.36. The Bertz CT molecular complexity index is 332. The number of nitrogens with zero attached hydrogens (tertiary/aromatic N) is 1. The lowest BCUT2D eigenvalue weighted by Crippen LogP contribution is -2.59. The average Bonchev–Trinajstić information content (AvgIpc) is 2.30. The van der Waals surface area contributed by atoms with Crippen molar-refractivity contribution in [1.29, 1.82) is 0 Å². The number of likely N-dealkylation sites (tertiary alicyclic amines) is 1. The van der Waals surface area contributed by atoms with Crippen LogP contribution in [0.4, 0.5) is 0 Å². The van der Waals surface area contributed by atoms with Crippen molar-refractivity contribution in [3.05, 3.63) is 0 Å². The normalized spacial score (nSPS) is 29.1. The van der Waals surface area contributed by atoms with Gasteiger partial charge in [-0.3, -0.25) is 9.69 Å². The minimum atomic E-state index is -0.631. The van der Waals surface area contributed by atoms with Crippen molar-refractivity contribution in [2.75, 3.05) is 6.54 Å². The molecular formula is C16H33N3O. The zero-order valence-corrected chi connectivity index (χ0v) is 14.1. The summed E-state index contributed by atoms with van der Waals surface area (Å²) in [4.78, 5) is 14.4. The summed E-state index contributed by atoms with van der Waals surface area (Å²) in [6.07, 6.45) is 3.32. The Morgan fingerprint density at radius 3 is 2.45 bits per heavy atom. The third-order valence-corrected chi connectivity index (χ3v) is 4.59. The molecule has 0 aliphatic carbocycles. The van der Waals surface area contributed by atoms with Crippen LogP contribution < -0.4 is 11.1 Å². The van der Waals surface area contributed by atoms with Gasteiger partial charge in [-0.25, -0.2) is 0 Å². The molecule has 20 heavy (non-hydrogen) atoms. The number of rotatable bonds is 6. The molecule has 0 bridgehead atoms. The number of hydrogen-bond acceptors (Lipinski definition) is 3. The lowest BCUT2D eigenvalue weighted by molar-refractivity contribution is -0.125. The van der Waals surface area contributed by atoms with E-state index in [1.54, 1.807) is 0 Å². The zero-order valence-electron chi connectivity index (χ0n) is 14.1. The van der Waals surface area contributed by atoms with Gasteiger partial charge in [-0.2, -0.15) is 0 Å². The smallest absolute Gasteiger partial charge is 0.237 e. The SMILES string of the molecule is CC1CCC(C)N(C(C)CC(C)(NC(C)C)C(N)=O)C1. The third-order valence-electron chi connectivity index (χ3n) is 4.59. The van der Waals surface area contributed by atoms with Gasteiger partial charge in [0, 0.05) is 24.7 Å². The maximum atomic E-state index is 11.9. The molecule has 4 atom stereocenters. The van der Waals surface area contributed by atoms with Crippen molar-refractivity contribution in [2.24, 2.45) is 11.7 Å². The van der Waals surface area contributed by atoms with Crippen LogP contribution in [0.15, 0.2) is 0 Å². The highest BCUT2D eigenvalue weighted by molar-refractivity contribution is 5.84. The van der Waals surface area contributed by atoms with Crippen LogP contribution >= 0.6 is 0 Å². The first-order valence-electron chi connectivity index (χ1n) is 7.99. The minimum absolute atomic E-state index is 0.248. The van der Waals surface area contributed by atoms with E-state index in [0.717, 1.165) is 18.9 Å². The molecule has 4 heteroatoms. The zero-order chi connectivity index (χ0) is 15.5. The summed E-state index contributed by atoms with van der Waals surface area (Å²) < 4.78 is 0. The van der Waals surface area contributed by atoms with Crippen LogP contribution in [0.25, 0.3) is 0 Å². The van der Waals surface area contributed by atoms with E-state index in [1.165, 1.54) is 12.8 Å². The predicted molar refractivity (Wildman–Crippen MR) is 84.5 cm³/mol. The number of nitrogens with one attached hydrogen (secondary N) is 1. The summed E-state index contributed by atoms with van der Waals surface area (Å²) in [7, 11) is 0. The lowest BCUT2D eigenvalue weighted by Gasteiger charge is -2.43. The van der Waals surface area contributed by atoms with Gasteiger partial charge in [0.15, 0.2) is 0 Å². The largest absolute Gasteiger partial charge is 0.368 e. The summed E-state index contributed by atoms with van der Waals surface area (Å²) in [5.41, 5.74) is 5.01. The topological polar surface area (TPSA) is 58.4 Å².